The van der Waals surface area contributed by atoms with E-state index >= 15 is 0 Å². The Morgan fingerprint density at radius 2 is 2.32 bits per heavy atom. The van der Waals surface area contributed by atoms with Gasteiger partial charge in [0.05, 0.1) is 10.8 Å². The summed E-state index contributed by atoms with van der Waals surface area (Å²) in [6.07, 6.45) is 4.70. The third-order valence-corrected chi connectivity index (χ3v) is 4.45. The fourth-order valence-electron chi connectivity index (χ4n) is 2.62. The van der Waals surface area contributed by atoms with Gasteiger partial charge in [-0.2, -0.15) is 0 Å². The van der Waals surface area contributed by atoms with Gasteiger partial charge < -0.3 is 9.88 Å². The minimum absolute atomic E-state index is 0.0556. The molecule has 2 aromatic rings. The van der Waals surface area contributed by atoms with E-state index in [1.165, 1.54) is 6.07 Å². The molecule has 0 spiro atoms. The SMILES string of the molecule is CC1(c2cncn2-c2ccc(Br)c(F)c2)CCNC1. The van der Waals surface area contributed by atoms with E-state index in [-0.39, 0.29) is 11.2 Å². The maximum Gasteiger partial charge on any atom is 0.139 e. The molecule has 100 valence electrons. The molecule has 1 saturated heterocycles. The number of imidazole rings is 1. The van der Waals surface area contributed by atoms with Gasteiger partial charge in [0.1, 0.15) is 5.82 Å². The molecular weight excluding hydrogens is 309 g/mol. The van der Waals surface area contributed by atoms with Crippen molar-refractivity contribution >= 4 is 15.9 Å². The number of rotatable bonds is 2. The van der Waals surface area contributed by atoms with Crippen LogP contribution in [0, 0.1) is 5.82 Å². The van der Waals surface area contributed by atoms with Gasteiger partial charge in [-0.3, -0.25) is 0 Å². The highest BCUT2D eigenvalue weighted by molar-refractivity contribution is 9.10. The Bertz CT molecular complexity index is 602. The molecule has 0 bridgehead atoms. The van der Waals surface area contributed by atoms with E-state index in [0.29, 0.717) is 4.47 Å². The number of hydrogen-bond acceptors (Lipinski definition) is 2. The summed E-state index contributed by atoms with van der Waals surface area (Å²) in [4.78, 5) is 4.24. The van der Waals surface area contributed by atoms with Crippen LogP contribution in [0.2, 0.25) is 0 Å². The van der Waals surface area contributed by atoms with Gasteiger partial charge in [-0.1, -0.05) is 6.92 Å². The monoisotopic (exact) mass is 323 g/mol. The predicted octanol–water partition coefficient (Wildman–Crippen LogP) is 3.02. The van der Waals surface area contributed by atoms with Crippen LogP contribution in [0.1, 0.15) is 19.0 Å². The second-order valence-corrected chi connectivity index (χ2v) is 6.09. The molecule has 1 aromatic heterocycles. The molecule has 0 saturated carbocycles. The van der Waals surface area contributed by atoms with E-state index in [0.717, 1.165) is 30.9 Å². The molecular formula is C14H15BrFN3. The molecule has 1 N–H and O–H groups in total. The Labute approximate surface area is 120 Å². The van der Waals surface area contributed by atoms with Crippen molar-refractivity contribution in [2.75, 3.05) is 13.1 Å². The topological polar surface area (TPSA) is 29.9 Å². The fraction of sp³-hybridized carbons (Fsp3) is 0.357. The van der Waals surface area contributed by atoms with Crippen LogP contribution in [0.5, 0.6) is 0 Å². The molecule has 1 unspecified atom stereocenters. The second kappa shape index (κ2) is 4.72. The third-order valence-electron chi connectivity index (χ3n) is 3.81. The smallest absolute Gasteiger partial charge is 0.139 e. The Morgan fingerprint density at radius 1 is 1.47 bits per heavy atom. The third kappa shape index (κ3) is 2.21. The van der Waals surface area contributed by atoms with Crippen LogP contribution >= 0.6 is 15.9 Å². The van der Waals surface area contributed by atoms with Gasteiger partial charge in [0.25, 0.3) is 0 Å². The summed E-state index contributed by atoms with van der Waals surface area (Å²) in [5.41, 5.74) is 1.99. The average Bonchev–Trinajstić information content (AvgIpc) is 3.02. The van der Waals surface area contributed by atoms with Crippen LogP contribution < -0.4 is 5.32 Å². The Hall–Kier alpha value is -1.20. The van der Waals surface area contributed by atoms with Gasteiger partial charge in [0, 0.05) is 29.5 Å². The van der Waals surface area contributed by atoms with Gasteiger partial charge in [0.2, 0.25) is 0 Å². The van der Waals surface area contributed by atoms with Gasteiger partial charge >= 0.3 is 0 Å². The van der Waals surface area contributed by atoms with E-state index in [1.807, 2.05) is 16.8 Å². The minimum Gasteiger partial charge on any atom is -0.316 e. The maximum absolute atomic E-state index is 13.7. The fourth-order valence-corrected chi connectivity index (χ4v) is 2.86. The Kier molecular flexibility index (Phi) is 3.19. The summed E-state index contributed by atoms with van der Waals surface area (Å²) in [5.74, 6) is -0.258. The highest BCUT2D eigenvalue weighted by atomic mass is 79.9. The maximum atomic E-state index is 13.7. The van der Waals surface area contributed by atoms with Crippen molar-refractivity contribution in [3.63, 3.8) is 0 Å². The van der Waals surface area contributed by atoms with Gasteiger partial charge in [-0.25, -0.2) is 9.37 Å². The van der Waals surface area contributed by atoms with Crippen molar-refractivity contribution in [3.8, 4) is 5.69 Å². The zero-order chi connectivity index (χ0) is 13.5. The van der Waals surface area contributed by atoms with E-state index in [1.54, 1.807) is 12.4 Å². The Morgan fingerprint density at radius 3 is 3.00 bits per heavy atom. The Balaban J connectivity index is 2.06. The first-order valence-corrected chi connectivity index (χ1v) is 7.08. The quantitative estimate of drug-likeness (QED) is 0.920. The summed E-state index contributed by atoms with van der Waals surface area (Å²) in [6, 6.07) is 5.15. The van der Waals surface area contributed by atoms with E-state index in [4.69, 9.17) is 0 Å². The molecule has 1 aliphatic rings. The van der Waals surface area contributed by atoms with Crippen molar-refractivity contribution in [1.82, 2.24) is 14.9 Å². The molecule has 1 atom stereocenters. The van der Waals surface area contributed by atoms with Crippen molar-refractivity contribution < 1.29 is 4.39 Å². The number of nitrogens with one attached hydrogen (secondary N) is 1. The molecule has 3 rings (SSSR count). The van der Waals surface area contributed by atoms with Crippen LogP contribution in [0.25, 0.3) is 5.69 Å². The first-order chi connectivity index (χ1) is 9.10. The van der Waals surface area contributed by atoms with Crippen LogP contribution in [-0.4, -0.2) is 22.6 Å². The van der Waals surface area contributed by atoms with Gasteiger partial charge in [-0.15, -0.1) is 0 Å². The van der Waals surface area contributed by atoms with E-state index in [2.05, 4.69) is 33.2 Å². The van der Waals surface area contributed by atoms with Gasteiger partial charge in [0.15, 0.2) is 0 Å². The highest BCUT2D eigenvalue weighted by Crippen LogP contribution is 2.31. The minimum atomic E-state index is -0.258. The zero-order valence-corrected chi connectivity index (χ0v) is 12.2. The number of halogens is 2. The molecule has 19 heavy (non-hydrogen) atoms. The molecule has 2 heterocycles. The molecule has 3 nitrogen and oxygen atoms in total. The van der Waals surface area contributed by atoms with E-state index in [9.17, 15) is 4.39 Å². The van der Waals surface area contributed by atoms with Crippen LogP contribution in [0.3, 0.4) is 0 Å². The second-order valence-electron chi connectivity index (χ2n) is 5.23. The highest BCUT2D eigenvalue weighted by Gasteiger charge is 2.33. The molecule has 0 amide bonds. The summed E-state index contributed by atoms with van der Waals surface area (Å²) in [6.45, 7) is 4.16. The lowest BCUT2D eigenvalue weighted by atomic mass is 9.86. The van der Waals surface area contributed by atoms with E-state index < -0.39 is 0 Å². The summed E-state index contributed by atoms with van der Waals surface area (Å²) >= 11 is 3.18. The summed E-state index contributed by atoms with van der Waals surface area (Å²) in [7, 11) is 0. The molecule has 1 fully saturated rings. The molecule has 1 aromatic carbocycles. The van der Waals surface area contributed by atoms with Crippen LogP contribution in [-0.2, 0) is 5.41 Å². The molecule has 0 radical (unpaired) electrons. The first-order valence-electron chi connectivity index (χ1n) is 6.29. The summed E-state index contributed by atoms with van der Waals surface area (Å²) < 4.78 is 16.1. The molecule has 0 aliphatic carbocycles. The zero-order valence-electron chi connectivity index (χ0n) is 10.7. The normalized spacial score (nSPS) is 22.9. The molecule has 5 heteroatoms. The van der Waals surface area contributed by atoms with Crippen molar-refractivity contribution in [1.29, 1.82) is 0 Å². The number of nitrogens with zero attached hydrogens (tertiary/aromatic N) is 2. The largest absolute Gasteiger partial charge is 0.316 e. The number of aromatic nitrogens is 2. The standard InChI is InChI=1S/C14H15BrFN3/c1-14(4-5-17-8-14)13-7-18-9-19(13)10-2-3-11(15)12(16)6-10/h2-3,6-7,9,17H,4-5,8H2,1H3. The number of benzene rings is 1. The van der Waals surface area contributed by atoms with Crippen molar-refractivity contribution in [2.45, 2.75) is 18.8 Å². The average molecular weight is 324 g/mol. The van der Waals surface area contributed by atoms with Crippen molar-refractivity contribution in [2.24, 2.45) is 0 Å². The molecule has 1 aliphatic heterocycles. The lowest BCUT2D eigenvalue weighted by Crippen LogP contribution is -2.27. The van der Waals surface area contributed by atoms with Crippen molar-refractivity contribution in [3.05, 3.63) is 46.7 Å². The first kappa shape index (κ1) is 12.8. The predicted molar refractivity (Wildman–Crippen MR) is 76.1 cm³/mol. The lowest BCUT2D eigenvalue weighted by Gasteiger charge is -2.24. The lowest BCUT2D eigenvalue weighted by molar-refractivity contribution is 0.498. The van der Waals surface area contributed by atoms with Gasteiger partial charge in [-0.05, 0) is 47.1 Å². The van der Waals surface area contributed by atoms with Crippen LogP contribution in [0.4, 0.5) is 4.39 Å². The van der Waals surface area contributed by atoms with Crippen LogP contribution in [0.15, 0.2) is 35.2 Å². The number of hydrogen-bond donors (Lipinski definition) is 1. The summed E-state index contributed by atoms with van der Waals surface area (Å²) in [5, 5.41) is 3.38.